The number of benzene rings is 1. The van der Waals surface area contributed by atoms with Crippen LogP contribution >= 0.6 is 0 Å². The molecular formula is C15H20N2O4. The molecule has 1 amide bonds. The standard InChI is InChI=1S/C15H20N2O4/c1-19-9-7-17(8-10-20-2)15(18)12-21-14-5-3-13(11-16)4-6-14/h3-6H,7-10,12H2,1-2H3. The molecule has 114 valence electrons. The maximum Gasteiger partial charge on any atom is 0.260 e. The minimum absolute atomic E-state index is 0.0562. The molecule has 21 heavy (non-hydrogen) atoms. The number of rotatable bonds is 9. The second kappa shape index (κ2) is 9.75. The summed E-state index contributed by atoms with van der Waals surface area (Å²) in [6.07, 6.45) is 0. The van der Waals surface area contributed by atoms with Gasteiger partial charge in [-0.1, -0.05) is 0 Å². The Hall–Kier alpha value is -2.10. The Balaban J connectivity index is 2.49. The molecule has 0 aliphatic carbocycles. The minimum atomic E-state index is -0.131. The van der Waals surface area contributed by atoms with E-state index in [9.17, 15) is 4.79 Å². The molecular weight excluding hydrogens is 272 g/mol. The summed E-state index contributed by atoms with van der Waals surface area (Å²) in [6, 6.07) is 8.65. The third-order valence-electron chi connectivity index (χ3n) is 2.83. The average molecular weight is 292 g/mol. The fourth-order valence-corrected chi connectivity index (χ4v) is 1.63. The fourth-order valence-electron chi connectivity index (χ4n) is 1.63. The Kier molecular flexibility index (Phi) is 7.87. The third-order valence-corrected chi connectivity index (χ3v) is 2.83. The summed E-state index contributed by atoms with van der Waals surface area (Å²) in [4.78, 5) is 13.7. The van der Waals surface area contributed by atoms with Crippen molar-refractivity contribution in [3.63, 3.8) is 0 Å². The van der Waals surface area contributed by atoms with Gasteiger partial charge >= 0.3 is 0 Å². The largest absolute Gasteiger partial charge is 0.484 e. The van der Waals surface area contributed by atoms with Crippen molar-refractivity contribution >= 4 is 5.91 Å². The molecule has 0 bridgehead atoms. The highest BCUT2D eigenvalue weighted by Gasteiger charge is 2.13. The van der Waals surface area contributed by atoms with Crippen molar-refractivity contribution in [1.29, 1.82) is 5.26 Å². The normalized spacial score (nSPS) is 9.95. The smallest absolute Gasteiger partial charge is 0.260 e. The molecule has 0 spiro atoms. The highest BCUT2D eigenvalue weighted by atomic mass is 16.5. The lowest BCUT2D eigenvalue weighted by atomic mass is 10.2. The summed E-state index contributed by atoms with van der Waals surface area (Å²) in [7, 11) is 3.18. The molecule has 0 aliphatic heterocycles. The lowest BCUT2D eigenvalue weighted by Crippen LogP contribution is -2.39. The first-order valence-electron chi connectivity index (χ1n) is 6.60. The summed E-state index contributed by atoms with van der Waals surface area (Å²) >= 11 is 0. The summed E-state index contributed by atoms with van der Waals surface area (Å²) in [6.45, 7) is 1.86. The SMILES string of the molecule is COCCN(CCOC)C(=O)COc1ccc(C#N)cc1. The van der Waals surface area contributed by atoms with Gasteiger partial charge in [-0.05, 0) is 24.3 Å². The van der Waals surface area contributed by atoms with Crippen LogP contribution in [0.5, 0.6) is 5.75 Å². The molecule has 0 heterocycles. The van der Waals surface area contributed by atoms with Gasteiger partial charge in [-0.15, -0.1) is 0 Å². The second-order valence-electron chi connectivity index (χ2n) is 4.29. The van der Waals surface area contributed by atoms with Crippen LogP contribution in [0.15, 0.2) is 24.3 Å². The van der Waals surface area contributed by atoms with E-state index in [-0.39, 0.29) is 12.5 Å². The monoisotopic (exact) mass is 292 g/mol. The number of nitriles is 1. The van der Waals surface area contributed by atoms with Gasteiger partial charge in [-0.2, -0.15) is 5.26 Å². The van der Waals surface area contributed by atoms with Crippen LogP contribution in [-0.2, 0) is 14.3 Å². The summed E-state index contributed by atoms with van der Waals surface area (Å²) in [5, 5.41) is 8.71. The molecule has 0 aromatic heterocycles. The lowest BCUT2D eigenvalue weighted by Gasteiger charge is -2.22. The van der Waals surface area contributed by atoms with Crippen molar-refractivity contribution in [3.05, 3.63) is 29.8 Å². The predicted molar refractivity (Wildman–Crippen MR) is 77.0 cm³/mol. The van der Waals surface area contributed by atoms with Crippen LogP contribution in [0.25, 0.3) is 0 Å². The molecule has 1 rings (SSSR count). The van der Waals surface area contributed by atoms with Crippen LogP contribution in [-0.4, -0.2) is 57.9 Å². The molecule has 0 N–H and O–H groups in total. The van der Waals surface area contributed by atoms with E-state index >= 15 is 0 Å². The van der Waals surface area contributed by atoms with Crippen LogP contribution in [0.3, 0.4) is 0 Å². The number of nitrogens with zero attached hydrogens (tertiary/aromatic N) is 2. The van der Waals surface area contributed by atoms with Gasteiger partial charge in [0.15, 0.2) is 6.61 Å². The van der Waals surface area contributed by atoms with Crippen molar-refractivity contribution in [1.82, 2.24) is 4.90 Å². The minimum Gasteiger partial charge on any atom is -0.484 e. The molecule has 1 aromatic rings. The van der Waals surface area contributed by atoms with Gasteiger partial charge in [-0.3, -0.25) is 4.79 Å². The zero-order valence-corrected chi connectivity index (χ0v) is 12.4. The van der Waals surface area contributed by atoms with Crippen molar-refractivity contribution in [2.45, 2.75) is 0 Å². The van der Waals surface area contributed by atoms with Crippen LogP contribution in [0.4, 0.5) is 0 Å². The third kappa shape index (κ3) is 6.25. The number of hydrogen-bond donors (Lipinski definition) is 0. The van der Waals surface area contributed by atoms with Gasteiger partial charge in [0.1, 0.15) is 5.75 Å². The molecule has 0 saturated heterocycles. The van der Waals surface area contributed by atoms with Crippen molar-refractivity contribution < 1.29 is 19.0 Å². The van der Waals surface area contributed by atoms with E-state index < -0.39 is 0 Å². The Morgan fingerprint density at radius 2 is 1.71 bits per heavy atom. The van der Waals surface area contributed by atoms with Gasteiger partial charge in [-0.25, -0.2) is 0 Å². The van der Waals surface area contributed by atoms with E-state index in [0.717, 1.165) is 0 Å². The van der Waals surface area contributed by atoms with Crippen molar-refractivity contribution in [2.24, 2.45) is 0 Å². The number of methoxy groups -OCH3 is 2. The van der Waals surface area contributed by atoms with Crippen LogP contribution in [0, 0.1) is 11.3 Å². The van der Waals surface area contributed by atoms with E-state index in [1.54, 1.807) is 43.4 Å². The van der Waals surface area contributed by atoms with Crippen molar-refractivity contribution in [2.75, 3.05) is 47.1 Å². The Bertz CT molecular complexity index is 460. The summed E-state index contributed by atoms with van der Waals surface area (Å²) < 4.78 is 15.4. The topological polar surface area (TPSA) is 71.8 Å². The van der Waals surface area contributed by atoms with Gasteiger partial charge in [0.05, 0.1) is 24.8 Å². The van der Waals surface area contributed by atoms with E-state index in [4.69, 9.17) is 19.5 Å². The number of carbonyl (C=O) groups is 1. The molecule has 0 atom stereocenters. The van der Waals surface area contributed by atoms with E-state index in [2.05, 4.69) is 0 Å². The first-order valence-corrected chi connectivity index (χ1v) is 6.60. The Morgan fingerprint density at radius 3 is 2.19 bits per heavy atom. The first kappa shape index (κ1) is 17.0. The molecule has 0 radical (unpaired) electrons. The Morgan fingerprint density at radius 1 is 1.14 bits per heavy atom. The van der Waals surface area contributed by atoms with E-state index in [1.165, 1.54) is 0 Å². The molecule has 1 aromatic carbocycles. The number of carbonyl (C=O) groups excluding carboxylic acids is 1. The van der Waals surface area contributed by atoms with Gasteiger partial charge in [0, 0.05) is 27.3 Å². The maximum absolute atomic E-state index is 12.1. The molecule has 0 unspecified atom stereocenters. The average Bonchev–Trinajstić information content (AvgIpc) is 2.53. The molecule has 6 nitrogen and oxygen atoms in total. The highest BCUT2D eigenvalue weighted by Crippen LogP contribution is 2.11. The van der Waals surface area contributed by atoms with Gasteiger partial charge < -0.3 is 19.1 Å². The van der Waals surface area contributed by atoms with E-state index in [1.807, 2.05) is 6.07 Å². The predicted octanol–water partition coefficient (Wildman–Crippen LogP) is 1.06. The fraction of sp³-hybridized carbons (Fsp3) is 0.467. The zero-order valence-electron chi connectivity index (χ0n) is 12.4. The summed E-state index contributed by atoms with van der Waals surface area (Å²) in [5.41, 5.74) is 0.551. The van der Waals surface area contributed by atoms with Crippen LogP contribution < -0.4 is 4.74 Å². The van der Waals surface area contributed by atoms with Crippen LogP contribution in [0.1, 0.15) is 5.56 Å². The van der Waals surface area contributed by atoms with Crippen molar-refractivity contribution in [3.8, 4) is 11.8 Å². The molecule has 6 heteroatoms. The molecule has 0 fully saturated rings. The lowest BCUT2D eigenvalue weighted by molar-refractivity contribution is -0.134. The number of ether oxygens (including phenoxy) is 3. The second-order valence-corrected chi connectivity index (χ2v) is 4.29. The number of amides is 1. The number of hydrogen-bond acceptors (Lipinski definition) is 5. The summed E-state index contributed by atoms with van der Waals surface area (Å²) in [5.74, 6) is 0.425. The van der Waals surface area contributed by atoms with E-state index in [0.29, 0.717) is 37.6 Å². The van der Waals surface area contributed by atoms with Gasteiger partial charge in [0.25, 0.3) is 5.91 Å². The quantitative estimate of drug-likeness (QED) is 0.680. The Labute approximate surface area is 124 Å². The maximum atomic E-state index is 12.1. The highest BCUT2D eigenvalue weighted by molar-refractivity contribution is 5.77. The van der Waals surface area contributed by atoms with Crippen LogP contribution in [0.2, 0.25) is 0 Å². The first-order chi connectivity index (χ1) is 10.2. The molecule has 0 aliphatic rings. The molecule has 0 saturated carbocycles. The van der Waals surface area contributed by atoms with Gasteiger partial charge in [0.2, 0.25) is 0 Å². The zero-order chi connectivity index (χ0) is 15.5.